The van der Waals surface area contributed by atoms with Crippen molar-refractivity contribution in [2.45, 2.75) is 6.61 Å². The van der Waals surface area contributed by atoms with Crippen molar-refractivity contribution >= 4 is 16.7 Å². The van der Waals surface area contributed by atoms with E-state index < -0.39 is 11.8 Å². The summed E-state index contributed by atoms with van der Waals surface area (Å²) in [6, 6.07) is 16.0. The number of benzene rings is 2. The maximum absolute atomic E-state index is 13.7. The lowest BCUT2D eigenvalue weighted by Gasteiger charge is -2.12. The van der Waals surface area contributed by atoms with Gasteiger partial charge < -0.3 is 4.74 Å². The molecule has 0 saturated heterocycles. The first kappa shape index (κ1) is 17.6. The smallest absolute Gasteiger partial charge is 0.340 e. The summed E-state index contributed by atoms with van der Waals surface area (Å²) in [5.74, 6) is -1.05. The van der Waals surface area contributed by atoms with Gasteiger partial charge in [-0.2, -0.15) is 0 Å². The molecular formula is C22H15FN2O3. The van der Waals surface area contributed by atoms with Crippen molar-refractivity contribution in [3.05, 3.63) is 107 Å². The van der Waals surface area contributed by atoms with Crippen LogP contribution in [0.5, 0.6) is 0 Å². The normalized spacial score (nSPS) is 10.8. The van der Waals surface area contributed by atoms with E-state index in [0.29, 0.717) is 16.5 Å². The average molecular weight is 374 g/mol. The molecule has 0 saturated carbocycles. The number of hydrogen-bond acceptors (Lipinski definition) is 4. The topological polar surface area (TPSA) is 61.2 Å². The second kappa shape index (κ2) is 7.44. The number of pyridine rings is 2. The summed E-state index contributed by atoms with van der Waals surface area (Å²) < 4.78 is 20.3. The predicted octanol–water partition coefficient (Wildman–Crippen LogP) is 3.88. The summed E-state index contributed by atoms with van der Waals surface area (Å²) in [5.41, 5.74) is 0.962. The standard InChI is InChI=1S/C22H15FN2O3/c23-16-6-3-7-17(11-16)25-13-20(18-8-1-2-9-19(18)21(25)26)22(27)28-14-15-5-4-10-24-12-15/h1-13H,14H2. The second-order valence-corrected chi connectivity index (χ2v) is 6.18. The van der Waals surface area contributed by atoms with E-state index in [4.69, 9.17) is 4.74 Å². The van der Waals surface area contributed by atoms with Crippen LogP contribution in [0.4, 0.5) is 4.39 Å². The van der Waals surface area contributed by atoms with Gasteiger partial charge in [-0.25, -0.2) is 9.18 Å². The molecule has 6 heteroatoms. The third kappa shape index (κ3) is 3.40. The van der Waals surface area contributed by atoms with E-state index in [-0.39, 0.29) is 17.7 Å². The number of carbonyl (C=O) groups excluding carboxylic acids is 1. The Balaban J connectivity index is 1.80. The summed E-state index contributed by atoms with van der Waals surface area (Å²) in [7, 11) is 0. The average Bonchev–Trinajstić information content (AvgIpc) is 2.73. The maximum Gasteiger partial charge on any atom is 0.340 e. The van der Waals surface area contributed by atoms with Crippen LogP contribution in [0.2, 0.25) is 0 Å². The van der Waals surface area contributed by atoms with Gasteiger partial charge in [0.05, 0.1) is 11.3 Å². The molecule has 0 fully saturated rings. The number of aromatic nitrogens is 2. The van der Waals surface area contributed by atoms with Crippen LogP contribution in [0.3, 0.4) is 0 Å². The zero-order valence-electron chi connectivity index (χ0n) is 14.7. The van der Waals surface area contributed by atoms with Crippen LogP contribution in [0.25, 0.3) is 16.5 Å². The van der Waals surface area contributed by atoms with Gasteiger partial charge in [0.25, 0.3) is 5.56 Å². The molecule has 0 bridgehead atoms. The first-order valence-electron chi connectivity index (χ1n) is 8.60. The molecule has 0 aliphatic heterocycles. The molecule has 2 aromatic carbocycles. The number of nitrogens with zero attached hydrogens (tertiary/aromatic N) is 2. The SMILES string of the molecule is O=C(OCc1cccnc1)c1cn(-c2cccc(F)c2)c(=O)c2ccccc12. The first-order chi connectivity index (χ1) is 13.6. The molecular weight excluding hydrogens is 359 g/mol. The van der Waals surface area contributed by atoms with E-state index in [0.717, 1.165) is 5.56 Å². The molecule has 0 aliphatic rings. The van der Waals surface area contributed by atoms with Crippen LogP contribution in [0.1, 0.15) is 15.9 Å². The third-order valence-electron chi connectivity index (χ3n) is 4.32. The minimum Gasteiger partial charge on any atom is -0.457 e. The van der Waals surface area contributed by atoms with Gasteiger partial charge in [0.15, 0.2) is 0 Å². The number of carbonyl (C=O) groups is 1. The van der Waals surface area contributed by atoms with Crippen molar-refractivity contribution in [2.24, 2.45) is 0 Å². The van der Waals surface area contributed by atoms with Crippen molar-refractivity contribution in [1.82, 2.24) is 9.55 Å². The molecule has 0 atom stereocenters. The van der Waals surface area contributed by atoms with Crippen molar-refractivity contribution < 1.29 is 13.9 Å². The fraction of sp³-hybridized carbons (Fsp3) is 0.0455. The molecule has 0 radical (unpaired) electrons. The quantitative estimate of drug-likeness (QED) is 0.509. The minimum atomic E-state index is -0.579. The van der Waals surface area contributed by atoms with E-state index in [9.17, 15) is 14.0 Å². The Hall–Kier alpha value is -3.80. The number of ether oxygens (including phenoxy) is 1. The first-order valence-corrected chi connectivity index (χ1v) is 8.60. The minimum absolute atomic E-state index is 0.0556. The summed E-state index contributed by atoms with van der Waals surface area (Å²) in [4.78, 5) is 29.6. The van der Waals surface area contributed by atoms with E-state index in [2.05, 4.69) is 4.98 Å². The maximum atomic E-state index is 13.7. The number of fused-ring (bicyclic) bond motifs is 1. The van der Waals surface area contributed by atoms with Crippen LogP contribution in [0.15, 0.2) is 84.0 Å². The lowest BCUT2D eigenvalue weighted by atomic mass is 10.1. The molecule has 0 unspecified atom stereocenters. The monoisotopic (exact) mass is 374 g/mol. The van der Waals surface area contributed by atoms with Crippen molar-refractivity contribution in [1.29, 1.82) is 0 Å². The molecule has 138 valence electrons. The van der Waals surface area contributed by atoms with Gasteiger partial charge in [0, 0.05) is 34.9 Å². The number of hydrogen-bond donors (Lipinski definition) is 0. The Morgan fingerprint density at radius 1 is 1.04 bits per heavy atom. The molecule has 4 aromatic rings. The second-order valence-electron chi connectivity index (χ2n) is 6.18. The Labute approximate surface area is 159 Å². The van der Waals surface area contributed by atoms with Crippen molar-refractivity contribution in [3.63, 3.8) is 0 Å². The van der Waals surface area contributed by atoms with E-state index in [1.165, 1.54) is 29.0 Å². The molecule has 0 N–H and O–H groups in total. The Morgan fingerprint density at radius 3 is 2.61 bits per heavy atom. The third-order valence-corrected chi connectivity index (χ3v) is 4.32. The van der Waals surface area contributed by atoms with Crippen LogP contribution in [0, 0.1) is 5.82 Å². The van der Waals surface area contributed by atoms with Gasteiger partial charge >= 0.3 is 5.97 Å². The van der Waals surface area contributed by atoms with Gasteiger partial charge in [-0.3, -0.25) is 14.3 Å². The van der Waals surface area contributed by atoms with Crippen LogP contribution >= 0.6 is 0 Å². The Kier molecular flexibility index (Phi) is 4.68. The molecule has 0 spiro atoms. The van der Waals surface area contributed by atoms with Crippen molar-refractivity contribution in [3.8, 4) is 5.69 Å². The molecule has 0 amide bonds. The molecule has 5 nitrogen and oxygen atoms in total. The Bertz CT molecular complexity index is 1220. The van der Waals surface area contributed by atoms with Gasteiger partial charge in [0.1, 0.15) is 12.4 Å². The predicted molar refractivity (Wildman–Crippen MR) is 103 cm³/mol. The summed E-state index contributed by atoms with van der Waals surface area (Å²) in [6.07, 6.45) is 4.64. The number of halogens is 1. The fourth-order valence-electron chi connectivity index (χ4n) is 2.98. The summed E-state index contributed by atoms with van der Waals surface area (Å²) >= 11 is 0. The van der Waals surface area contributed by atoms with E-state index in [1.54, 1.807) is 54.9 Å². The molecule has 0 aliphatic carbocycles. The molecule has 2 heterocycles. The zero-order chi connectivity index (χ0) is 19.5. The fourth-order valence-corrected chi connectivity index (χ4v) is 2.98. The highest BCUT2D eigenvalue weighted by Crippen LogP contribution is 2.19. The van der Waals surface area contributed by atoms with Crippen LogP contribution in [-0.2, 0) is 11.3 Å². The molecule has 2 aromatic heterocycles. The highest BCUT2D eigenvalue weighted by atomic mass is 19.1. The van der Waals surface area contributed by atoms with E-state index in [1.807, 2.05) is 0 Å². The van der Waals surface area contributed by atoms with Crippen molar-refractivity contribution in [2.75, 3.05) is 0 Å². The van der Waals surface area contributed by atoms with Gasteiger partial charge in [0.2, 0.25) is 0 Å². The number of rotatable bonds is 4. The zero-order valence-corrected chi connectivity index (χ0v) is 14.7. The largest absolute Gasteiger partial charge is 0.457 e. The van der Waals surface area contributed by atoms with Crippen LogP contribution < -0.4 is 5.56 Å². The summed E-state index contributed by atoms with van der Waals surface area (Å²) in [6.45, 7) is 0.0556. The lowest BCUT2D eigenvalue weighted by molar-refractivity contribution is 0.0474. The highest BCUT2D eigenvalue weighted by Gasteiger charge is 2.17. The van der Waals surface area contributed by atoms with Gasteiger partial charge in [-0.15, -0.1) is 0 Å². The Morgan fingerprint density at radius 2 is 1.86 bits per heavy atom. The molecule has 28 heavy (non-hydrogen) atoms. The van der Waals surface area contributed by atoms with Gasteiger partial charge in [-0.1, -0.05) is 30.3 Å². The summed E-state index contributed by atoms with van der Waals surface area (Å²) in [5, 5.41) is 0.832. The van der Waals surface area contributed by atoms with Gasteiger partial charge in [-0.05, 0) is 30.3 Å². The molecule has 4 rings (SSSR count). The highest BCUT2D eigenvalue weighted by molar-refractivity contribution is 6.04. The van der Waals surface area contributed by atoms with E-state index >= 15 is 0 Å². The number of esters is 1. The lowest BCUT2D eigenvalue weighted by Crippen LogP contribution is -2.21. The van der Waals surface area contributed by atoms with Crippen LogP contribution in [-0.4, -0.2) is 15.5 Å².